The first-order valence-electron chi connectivity index (χ1n) is 9.43. The molecule has 144 valence electrons. The smallest absolute Gasteiger partial charge is 0.238 e. The monoisotopic (exact) mass is 370 g/mol. The molecule has 5 heteroatoms. The number of alkyl halides is 1. The number of likely N-dealkylation sites (tertiary alicyclic amines) is 1. The van der Waals surface area contributed by atoms with Gasteiger partial charge in [-0.2, -0.15) is 0 Å². The van der Waals surface area contributed by atoms with Gasteiger partial charge in [-0.15, -0.1) is 0 Å². The molecule has 27 heavy (non-hydrogen) atoms. The second-order valence-electron chi connectivity index (χ2n) is 7.44. The Hall–Kier alpha value is -2.24. The number of aliphatic hydroxyl groups is 1. The summed E-state index contributed by atoms with van der Waals surface area (Å²) in [6.45, 7) is 4.05. The largest absolute Gasteiger partial charge is 0.381 e. The molecule has 1 aliphatic heterocycles. The highest BCUT2D eigenvalue weighted by Crippen LogP contribution is 2.26. The maximum absolute atomic E-state index is 13.7. The van der Waals surface area contributed by atoms with Gasteiger partial charge >= 0.3 is 0 Å². The summed E-state index contributed by atoms with van der Waals surface area (Å²) in [6, 6.07) is 17.0. The number of aliphatic hydroxyl groups excluding tert-OH is 1. The molecule has 0 spiro atoms. The third-order valence-electron chi connectivity index (χ3n) is 5.19. The van der Waals surface area contributed by atoms with E-state index in [2.05, 4.69) is 31.3 Å². The summed E-state index contributed by atoms with van der Waals surface area (Å²) in [5.74, 6) is 0.174. The Kier molecular flexibility index (Phi) is 6.24. The first-order chi connectivity index (χ1) is 13.0. The van der Waals surface area contributed by atoms with Crippen LogP contribution in [-0.2, 0) is 4.79 Å². The Balaban J connectivity index is 1.86. The summed E-state index contributed by atoms with van der Waals surface area (Å²) >= 11 is 0. The third-order valence-corrected chi connectivity index (χ3v) is 5.19. The number of amides is 1. The second kappa shape index (κ2) is 8.63. The van der Waals surface area contributed by atoms with Crippen molar-refractivity contribution in [2.45, 2.75) is 44.4 Å². The Morgan fingerprint density at radius 1 is 1.11 bits per heavy atom. The van der Waals surface area contributed by atoms with Crippen LogP contribution in [0.1, 0.15) is 48.9 Å². The molecule has 0 radical (unpaired) electrons. The van der Waals surface area contributed by atoms with Gasteiger partial charge in [0.15, 0.2) is 0 Å². The van der Waals surface area contributed by atoms with E-state index in [0.717, 1.165) is 11.1 Å². The van der Waals surface area contributed by atoms with Crippen LogP contribution in [0.15, 0.2) is 54.6 Å². The topological polar surface area (TPSA) is 52.6 Å². The Morgan fingerprint density at radius 2 is 1.70 bits per heavy atom. The van der Waals surface area contributed by atoms with Crippen molar-refractivity contribution in [2.75, 3.05) is 13.3 Å². The lowest BCUT2D eigenvalue weighted by molar-refractivity contribution is -0.127. The van der Waals surface area contributed by atoms with Crippen LogP contribution < -0.4 is 5.32 Å². The van der Waals surface area contributed by atoms with E-state index in [1.807, 2.05) is 42.5 Å². The molecule has 4 nitrogen and oxygen atoms in total. The van der Waals surface area contributed by atoms with Crippen molar-refractivity contribution in [2.24, 2.45) is 0 Å². The van der Waals surface area contributed by atoms with E-state index in [9.17, 15) is 14.3 Å². The van der Waals surface area contributed by atoms with Crippen molar-refractivity contribution in [3.63, 3.8) is 0 Å². The van der Waals surface area contributed by atoms with Crippen LogP contribution in [0.3, 0.4) is 0 Å². The van der Waals surface area contributed by atoms with Crippen LogP contribution in [0.2, 0.25) is 0 Å². The predicted molar refractivity (Wildman–Crippen MR) is 104 cm³/mol. The lowest BCUT2D eigenvalue weighted by atomic mass is 9.95. The number of halogens is 1. The van der Waals surface area contributed by atoms with Gasteiger partial charge in [0.1, 0.15) is 6.17 Å². The fraction of sp³-hybridized carbons (Fsp3) is 0.409. The molecule has 1 aliphatic rings. The lowest BCUT2D eigenvalue weighted by Crippen LogP contribution is -2.45. The van der Waals surface area contributed by atoms with E-state index in [1.54, 1.807) is 0 Å². The van der Waals surface area contributed by atoms with E-state index in [-0.39, 0.29) is 31.6 Å². The van der Waals surface area contributed by atoms with E-state index in [1.165, 1.54) is 10.5 Å². The van der Waals surface area contributed by atoms with Gasteiger partial charge < -0.3 is 10.4 Å². The summed E-state index contributed by atoms with van der Waals surface area (Å²) in [6.07, 6.45) is -0.978. The predicted octanol–water partition coefficient (Wildman–Crippen LogP) is 3.38. The molecule has 2 aromatic rings. The number of rotatable bonds is 6. The summed E-state index contributed by atoms with van der Waals surface area (Å²) in [4.78, 5) is 14.3. The van der Waals surface area contributed by atoms with Crippen LogP contribution >= 0.6 is 0 Å². The normalized spacial score (nSPS) is 21.4. The zero-order valence-corrected chi connectivity index (χ0v) is 15.8. The maximum Gasteiger partial charge on any atom is 0.238 e. The van der Waals surface area contributed by atoms with Crippen molar-refractivity contribution < 1.29 is 14.3 Å². The minimum atomic E-state index is -1.09. The number of carbonyl (C=O) groups excluding carboxylic acids is 1. The highest BCUT2D eigenvalue weighted by atomic mass is 19.1. The number of hydrogen-bond acceptors (Lipinski definition) is 3. The van der Waals surface area contributed by atoms with Crippen molar-refractivity contribution in [3.8, 4) is 0 Å². The van der Waals surface area contributed by atoms with Gasteiger partial charge in [-0.05, 0) is 22.6 Å². The summed E-state index contributed by atoms with van der Waals surface area (Å²) in [7, 11) is 0. The molecule has 0 bridgehead atoms. The maximum atomic E-state index is 13.7. The number of carbonyl (C=O) groups is 1. The Labute approximate surface area is 160 Å². The fourth-order valence-electron chi connectivity index (χ4n) is 3.59. The third kappa shape index (κ3) is 4.54. The van der Waals surface area contributed by atoms with Gasteiger partial charge in [-0.1, -0.05) is 68.4 Å². The van der Waals surface area contributed by atoms with Crippen LogP contribution in [0.5, 0.6) is 0 Å². The highest BCUT2D eigenvalue weighted by Gasteiger charge is 2.37. The molecule has 1 saturated heterocycles. The highest BCUT2D eigenvalue weighted by molar-refractivity contribution is 5.83. The number of nitrogens with zero attached hydrogens (tertiary/aromatic N) is 1. The summed E-state index contributed by atoms with van der Waals surface area (Å²) in [5, 5.41) is 12.5. The molecule has 3 rings (SSSR count). The van der Waals surface area contributed by atoms with E-state index in [4.69, 9.17) is 0 Å². The zero-order chi connectivity index (χ0) is 19.4. The molecule has 0 saturated carbocycles. The van der Waals surface area contributed by atoms with Crippen molar-refractivity contribution in [1.29, 1.82) is 0 Å². The molecule has 1 amide bonds. The van der Waals surface area contributed by atoms with Crippen molar-refractivity contribution in [1.82, 2.24) is 10.2 Å². The minimum absolute atomic E-state index is 0.0909. The zero-order valence-electron chi connectivity index (χ0n) is 15.8. The number of nitrogens with one attached hydrogen (secondary N) is 1. The molecule has 0 aromatic heterocycles. The molecule has 1 fully saturated rings. The molecule has 0 aliphatic carbocycles. The molecular weight excluding hydrogens is 343 g/mol. The average Bonchev–Trinajstić information content (AvgIpc) is 3.07. The summed E-state index contributed by atoms with van der Waals surface area (Å²) in [5.41, 5.74) is 3.18. The van der Waals surface area contributed by atoms with Gasteiger partial charge in [-0.25, -0.2) is 4.39 Å². The van der Waals surface area contributed by atoms with Gasteiger partial charge in [0.25, 0.3) is 0 Å². The Bertz CT molecular complexity index is 749. The minimum Gasteiger partial charge on any atom is -0.381 e. The second-order valence-corrected chi connectivity index (χ2v) is 7.44. The molecule has 1 heterocycles. The molecular formula is C22H27FN2O2. The van der Waals surface area contributed by atoms with Crippen LogP contribution in [0.4, 0.5) is 4.39 Å². The molecule has 0 unspecified atom stereocenters. The lowest BCUT2D eigenvalue weighted by Gasteiger charge is -2.25. The van der Waals surface area contributed by atoms with Gasteiger partial charge in [0, 0.05) is 13.0 Å². The van der Waals surface area contributed by atoms with E-state index < -0.39 is 12.2 Å². The van der Waals surface area contributed by atoms with Crippen LogP contribution in [-0.4, -0.2) is 41.4 Å². The SMILES string of the molecule is CC(C)c1ccc([C@@H](NC(=O)[C@@H]2C[C@@H](F)CN2CO)c2ccccc2)cc1. The summed E-state index contributed by atoms with van der Waals surface area (Å²) < 4.78 is 13.7. The quantitative estimate of drug-likeness (QED) is 0.820. The number of benzene rings is 2. The first-order valence-corrected chi connectivity index (χ1v) is 9.43. The first kappa shape index (κ1) is 19.5. The molecule has 3 atom stereocenters. The van der Waals surface area contributed by atoms with Gasteiger partial charge in [-0.3, -0.25) is 9.69 Å². The molecule has 2 aromatic carbocycles. The van der Waals surface area contributed by atoms with Crippen LogP contribution in [0, 0.1) is 0 Å². The fourth-order valence-corrected chi connectivity index (χ4v) is 3.59. The molecule has 2 N–H and O–H groups in total. The average molecular weight is 370 g/mol. The van der Waals surface area contributed by atoms with Crippen molar-refractivity contribution in [3.05, 3.63) is 71.3 Å². The van der Waals surface area contributed by atoms with Gasteiger partial charge in [0.2, 0.25) is 5.91 Å². The standard InChI is InChI=1S/C22H27FN2O2/c1-15(2)16-8-10-18(11-9-16)21(17-6-4-3-5-7-17)24-22(27)20-12-19(23)13-25(20)14-26/h3-11,15,19-21,26H,12-14H2,1-2H3,(H,24,27)/t19-,20+,21+/m1/s1. The van der Waals surface area contributed by atoms with E-state index in [0.29, 0.717) is 5.92 Å². The number of hydrogen-bond donors (Lipinski definition) is 2. The van der Waals surface area contributed by atoms with Crippen LogP contribution in [0.25, 0.3) is 0 Å². The van der Waals surface area contributed by atoms with Crippen molar-refractivity contribution >= 4 is 5.91 Å². The Morgan fingerprint density at radius 3 is 2.30 bits per heavy atom. The van der Waals surface area contributed by atoms with Gasteiger partial charge in [0.05, 0.1) is 18.8 Å². The van der Waals surface area contributed by atoms with E-state index >= 15 is 0 Å².